The molecule has 0 saturated carbocycles. The first kappa shape index (κ1) is 20.1. The van der Waals surface area contributed by atoms with Crippen molar-refractivity contribution >= 4 is 12.3 Å². The first-order valence-corrected chi connectivity index (χ1v) is 6.08. The number of rotatable bonds is 6. The van der Waals surface area contributed by atoms with Crippen LogP contribution >= 0.6 is 0 Å². The van der Waals surface area contributed by atoms with Gasteiger partial charge in [0, 0.05) is 0 Å². The fourth-order valence-corrected chi connectivity index (χ4v) is 1.25. The molecule has 1 aromatic rings. The molecule has 0 amide bonds. The maximum atomic E-state index is 10.5. The molecule has 9 nitrogen and oxygen atoms in total. The topological polar surface area (TPSA) is 165 Å². The van der Waals surface area contributed by atoms with Crippen LogP contribution in [0.3, 0.4) is 0 Å². The van der Waals surface area contributed by atoms with Crippen LogP contribution in [0.5, 0.6) is 0 Å². The van der Waals surface area contributed by atoms with E-state index in [9.17, 15) is 9.59 Å². The molecule has 4 atom stereocenters. The van der Waals surface area contributed by atoms with Gasteiger partial charge in [0.1, 0.15) is 24.4 Å². The van der Waals surface area contributed by atoms with Crippen LogP contribution in [0.2, 0.25) is 0 Å². The summed E-state index contributed by atoms with van der Waals surface area (Å²) in [4.78, 5) is 23.9. The molecule has 0 saturated heterocycles. The Balaban J connectivity index is 0.000000406. The maximum absolute atomic E-state index is 10.5. The normalized spacial score (nSPS) is 15.5. The molecular formula is C13H18O9. The molecule has 0 fully saturated rings. The van der Waals surface area contributed by atoms with Crippen LogP contribution in [-0.2, 0) is 9.68 Å². The second kappa shape index (κ2) is 10.8. The molecule has 0 spiro atoms. The Bertz CT molecular complexity index is 436. The van der Waals surface area contributed by atoms with Crippen molar-refractivity contribution in [2.24, 2.45) is 0 Å². The Morgan fingerprint density at radius 1 is 1.09 bits per heavy atom. The molecule has 1 aromatic carbocycles. The van der Waals surface area contributed by atoms with E-state index in [0.717, 1.165) is 0 Å². The van der Waals surface area contributed by atoms with Gasteiger partial charge in [0.25, 0.3) is 0 Å². The number of aliphatic hydroxyl groups excluding tert-OH is 5. The Morgan fingerprint density at radius 3 is 2.05 bits per heavy atom. The summed E-state index contributed by atoms with van der Waals surface area (Å²) in [5, 5.41) is 51.5. The van der Waals surface area contributed by atoms with E-state index in [4.69, 9.17) is 30.8 Å². The highest BCUT2D eigenvalue weighted by atomic mass is 17.1. The van der Waals surface area contributed by atoms with Crippen molar-refractivity contribution in [1.82, 2.24) is 0 Å². The van der Waals surface area contributed by atoms with E-state index in [1.54, 1.807) is 30.3 Å². The lowest BCUT2D eigenvalue weighted by atomic mass is 10.0. The predicted molar refractivity (Wildman–Crippen MR) is 71.7 cm³/mol. The summed E-state index contributed by atoms with van der Waals surface area (Å²) in [7, 11) is 0. The third kappa shape index (κ3) is 6.72. The van der Waals surface area contributed by atoms with Crippen LogP contribution in [0.4, 0.5) is 0 Å². The molecule has 0 aromatic heterocycles. The van der Waals surface area contributed by atoms with Gasteiger partial charge >= 0.3 is 5.97 Å². The van der Waals surface area contributed by atoms with E-state index in [-0.39, 0.29) is 6.29 Å². The SMILES string of the molecule is O=C(OO)c1ccccc1.O=C[C@@H](O)[C@@H](O)[C@H](O)[C@H](O)CO. The molecule has 1 rings (SSSR count). The quantitative estimate of drug-likeness (QED) is 0.196. The van der Waals surface area contributed by atoms with Crippen molar-refractivity contribution in [2.75, 3.05) is 6.61 Å². The van der Waals surface area contributed by atoms with Crippen LogP contribution < -0.4 is 0 Å². The van der Waals surface area contributed by atoms with Gasteiger partial charge in [0.15, 0.2) is 6.29 Å². The Hall–Kier alpha value is -1.88. The molecule has 9 heteroatoms. The zero-order valence-corrected chi connectivity index (χ0v) is 11.4. The second-order valence-electron chi connectivity index (χ2n) is 4.10. The highest BCUT2D eigenvalue weighted by Gasteiger charge is 2.29. The lowest BCUT2D eigenvalue weighted by molar-refractivity contribution is -0.182. The van der Waals surface area contributed by atoms with Crippen molar-refractivity contribution in [3.05, 3.63) is 35.9 Å². The minimum absolute atomic E-state index is 0.0258. The van der Waals surface area contributed by atoms with Gasteiger partial charge in [-0.15, -0.1) is 0 Å². The number of hydrogen-bond donors (Lipinski definition) is 6. The van der Waals surface area contributed by atoms with Gasteiger partial charge in [-0.3, -0.25) is 4.89 Å². The van der Waals surface area contributed by atoms with Crippen LogP contribution in [0, 0.1) is 0 Å². The average molecular weight is 318 g/mol. The van der Waals surface area contributed by atoms with Crippen LogP contribution in [0.15, 0.2) is 30.3 Å². The summed E-state index contributed by atoms with van der Waals surface area (Å²) in [6.45, 7) is -0.760. The molecule has 0 aliphatic carbocycles. The van der Waals surface area contributed by atoms with Crippen LogP contribution in [0.25, 0.3) is 0 Å². The minimum atomic E-state index is -1.79. The first-order chi connectivity index (χ1) is 10.4. The molecule has 22 heavy (non-hydrogen) atoms. The number of carbonyl (C=O) groups excluding carboxylic acids is 2. The largest absolute Gasteiger partial charge is 0.394 e. The molecule has 0 aliphatic heterocycles. The van der Waals surface area contributed by atoms with Gasteiger partial charge in [-0.1, -0.05) is 18.2 Å². The van der Waals surface area contributed by atoms with Crippen LogP contribution in [0.1, 0.15) is 10.4 Å². The smallest absolute Gasteiger partial charge is 0.372 e. The lowest BCUT2D eigenvalue weighted by Gasteiger charge is -2.22. The number of aliphatic hydroxyl groups is 5. The van der Waals surface area contributed by atoms with Gasteiger partial charge in [-0.25, -0.2) is 4.79 Å². The van der Waals surface area contributed by atoms with Crippen molar-refractivity contribution in [2.45, 2.75) is 24.4 Å². The number of benzene rings is 1. The molecule has 0 aliphatic rings. The van der Waals surface area contributed by atoms with E-state index in [1.165, 1.54) is 0 Å². The Morgan fingerprint density at radius 2 is 1.64 bits per heavy atom. The van der Waals surface area contributed by atoms with Gasteiger partial charge in [-0.2, -0.15) is 5.26 Å². The monoisotopic (exact) mass is 318 g/mol. The fourth-order valence-electron chi connectivity index (χ4n) is 1.25. The summed E-state index contributed by atoms with van der Waals surface area (Å²) in [5.41, 5.74) is 0.338. The Kier molecular flexibility index (Phi) is 9.87. The van der Waals surface area contributed by atoms with E-state index < -0.39 is 37.0 Å². The number of carbonyl (C=O) groups is 2. The van der Waals surface area contributed by atoms with Crippen molar-refractivity contribution in [3.63, 3.8) is 0 Å². The average Bonchev–Trinajstić information content (AvgIpc) is 2.59. The highest BCUT2D eigenvalue weighted by Crippen LogP contribution is 2.03. The van der Waals surface area contributed by atoms with Crippen molar-refractivity contribution in [3.8, 4) is 0 Å². The molecule has 0 bridgehead atoms. The summed E-state index contributed by atoms with van der Waals surface area (Å²) in [6, 6.07) is 8.25. The second-order valence-corrected chi connectivity index (χ2v) is 4.10. The zero-order valence-electron chi connectivity index (χ0n) is 11.4. The van der Waals surface area contributed by atoms with Crippen LogP contribution in [-0.4, -0.2) is 74.1 Å². The third-order valence-electron chi connectivity index (χ3n) is 2.51. The standard InChI is InChI=1S/C7H6O3.C6H12O6/c8-7(10-9)6-4-2-1-3-5-6;7-1-3(9)5(11)6(12)4(10)2-8/h1-5,9H;1,3-6,8-12H,2H2/t;3-,4-,5-,6-/m.1/s1. The first-order valence-electron chi connectivity index (χ1n) is 6.08. The molecule has 0 radical (unpaired) electrons. The van der Waals surface area contributed by atoms with Gasteiger partial charge in [0.05, 0.1) is 12.2 Å². The third-order valence-corrected chi connectivity index (χ3v) is 2.51. The van der Waals surface area contributed by atoms with E-state index in [2.05, 4.69) is 4.89 Å². The van der Waals surface area contributed by atoms with Crippen molar-refractivity contribution < 1.29 is 45.3 Å². The molecule has 124 valence electrons. The zero-order chi connectivity index (χ0) is 17.1. The molecule has 0 unspecified atom stereocenters. The van der Waals surface area contributed by atoms with Gasteiger partial charge in [-0.05, 0) is 12.1 Å². The predicted octanol–water partition coefficient (Wildman–Crippen LogP) is -2.06. The fraction of sp³-hybridized carbons (Fsp3) is 0.385. The van der Waals surface area contributed by atoms with E-state index in [0.29, 0.717) is 5.56 Å². The summed E-state index contributed by atoms with van der Waals surface area (Å²) >= 11 is 0. The number of aldehydes is 1. The van der Waals surface area contributed by atoms with E-state index in [1.807, 2.05) is 0 Å². The highest BCUT2D eigenvalue weighted by molar-refractivity contribution is 5.88. The molecule has 6 N–H and O–H groups in total. The maximum Gasteiger partial charge on any atom is 0.372 e. The minimum Gasteiger partial charge on any atom is -0.394 e. The summed E-state index contributed by atoms with van der Waals surface area (Å²) in [5.74, 6) is -0.736. The lowest BCUT2D eigenvalue weighted by Crippen LogP contribution is -2.46. The Labute approximate surface area is 125 Å². The van der Waals surface area contributed by atoms with E-state index >= 15 is 0 Å². The molecule has 0 heterocycles. The summed E-state index contributed by atoms with van der Waals surface area (Å²) < 4.78 is 0. The van der Waals surface area contributed by atoms with Gasteiger partial charge < -0.3 is 30.3 Å². The summed E-state index contributed by atoms with van der Waals surface area (Å²) in [6.07, 6.45) is -6.84. The van der Waals surface area contributed by atoms with Gasteiger partial charge in [0.2, 0.25) is 0 Å². The van der Waals surface area contributed by atoms with Crippen molar-refractivity contribution in [1.29, 1.82) is 0 Å². The number of hydrogen-bond acceptors (Lipinski definition) is 9. The molecular weight excluding hydrogens is 300 g/mol.